The van der Waals surface area contributed by atoms with Crippen molar-refractivity contribution in [3.63, 3.8) is 0 Å². The van der Waals surface area contributed by atoms with Gasteiger partial charge < -0.3 is 0 Å². The molecule has 0 unspecified atom stereocenters. The van der Waals surface area contributed by atoms with E-state index < -0.39 is 0 Å². The molecule has 0 spiro atoms. The van der Waals surface area contributed by atoms with E-state index in [0.29, 0.717) is 0 Å². The zero-order chi connectivity index (χ0) is 13.1. The highest BCUT2D eigenvalue weighted by Gasteiger charge is 2.27. The van der Waals surface area contributed by atoms with Gasteiger partial charge in [0.25, 0.3) is 0 Å². The Morgan fingerprint density at radius 1 is 0.680 bits per heavy atom. The van der Waals surface area contributed by atoms with Crippen molar-refractivity contribution in [2.75, 3.05) is 0 Å². The predicted octanol–water partition coefficient (Wildman–Crippen LogP) is 3.33. The van der Waals surface area contributed by atoms with Gasteiger partial charge in [0.15, 0.2) is 0 Å². The second kappa shape index (κ2) is 35.8. The van der Waals surface area contributed by atoms with E-state index in [1.807, 2.05) is 21.5 Å². The van der Waals surface area contributed by atoms with E-state index in [4.69, 9.17) is 30.9 Å². The van der Waals surface area contributed by atoms with Gasteiger partial charge in [0.05, 0.1) is 21.5 Å². The van der Waals surface area contributed by atoms with Crippen LogP contribution >= 0.6 is 0 Å². The summed E-state index contributed by atoms with van der Waals surface area (Å²) in [6.07, 6.45) is 3.23. The van der Waals surface area contributed by atoms with Crippen LogP contribution in [0.4, 0.5) is 0 Å². The molecular formula is C14H43B11. The molecule has 0 amide bonds. The zero-order valence-electron chi connectivity index (χ0n) is 10.7. The first kappa shape index (κ1) is 56.2. The molecule has 0 aromatic carbocycles. The Labute approximate surface area is 177 Å². The lowest BCUT2D eigenvalue weighted by Crippen LogP contribution is -2.34. The first-order valence-corrected chi connectivity index (χ1v) is 5.96. The van der Waals surface area contributed by atoms with Crippen LogP contribution in [-0.2, 0) is 0 Å². The molecule has 0 aliphatic carbocycles. The Morgan fingerprint density at radius 3 is 1.28 bits per heavy atom. The summed E-state index contributed by atoms with van der Waals surface area (Å²) in [6, 6.07) is 0. The van der Waals surface area contributed by atoms with Gasteiger partial charge in [-0.15, -0.1) is 0 Å². The maximum atomic E-state index is 5.58. The first-order chi connectivity index (χ1) is 8.10. The van der Waals surface area contributed by atoms with Gasteiger partial charge in [-0.25, -0.2) is 0 Å². The highest BCUT2D eigenvalue weighted by Crippen LogP contribution is 2.36. The van der Waals surface area contributed by atoms with E-state index >= 15 is 0 Å². The molecule has 0 rings (SSSR count). The molecule has 0 saturated carbocycles. The summed E-state index contributed by atoms with van der Waals surface area (Å²) in [5, 5.41) is 0. The van der Waals surface area contributed by atoms with Crippen molar-refractivity contribution in [1.82, 2.24) is 0 Å². The van der Waals surface area contributed by atoms with E-state index in [-0.39, 0.29) is 71.2 Å². The van der Waals surface area contributed by atoms with Crippen LogP contribution in [0.1, 0.15) is 59.4 Å². The maximum absolute atomic E-state index is 5.58. The fraction of sp³-hybridized carbons (Fsp3) is 1.00. The molecule has 0 aliphatic heterocycles. The molecule has 25 heavy (non-hydrogen) atoms. The highest BCUT2D eigenvalue weighted by atomic mass is 14.2. The van der Waals surface area contributed by atoms with E-state index in [2.05, 4.69) is 14.1 Å². The van der Waals surface area contributed by atoms with Gasteiger partial charge in [-0.1, -0.05) is 96.9 Å². The second-order valence-electron chi connectivity index (χ2n) is 4.39. The minimum atomic E-state index is -0.380. The van der Waals surface area contributed by atoms with Crippen LogP contribution in [0.5, 0.6) is 0 Å². The van der Waals surface area contributed by atoms with Gasteiger partial charge >= 0.3 is 0 Å². The Hall–Kier alpha value is 0.714. The van der Waals surface area contributed by atoms with Crippen LogP contribution in [0.15, 0.2) is 0 Å². The number of hydrogen-bond donors (Lipinski definition) is 0. The fourth-order valence-corrected chi connectivity index (χ4v) is 1.96. The molecule has 14 radical (unpaired) electrons. The fourth-order valence-electron chi connectivity index (χ4n) is 1.96. The van der Waals surface area contributed by atoms with Crippen LogP contribution in [0.3, 0.4) is 0 Å². The van der Waals surface area contributed by atoms with Gasteiger partial charge in [0, 0.05) is 51.5 Å². The van der Waals surface area contributed by atoms with E-state index in [0.717, 1.165) is 25.3 Å². The number of rotatable bonds is 11. The molecule has 0 fully saturated rings. The van der Waals surface area contributed by atoms with Crippen LogP contribution in [0, 0.1) is 5.41 Å². The van der Waals surface area contributed by atoms with E-state index in [1.54, 1.807) is 14.1 Å². The van der Waals surface area contributed by atoms with Crippen molar-refractivity contribution < 1.29 is 0 Å². The molecule has 0 heterocycles. The quantitative estimate of drug-likeness (QED) is 0.510. The summed E-state index contributed by atoms with van der Waals surface area (Å²) in [5.41, 5.74) is 0.0808. The standard InChI is InChI=1S/C6H11B11.8CH4/c1-11-2-6(3-12-15-7,4-13-16-8)5-14-17(9)10;;;;;;;;/h2-5H2,1H3;8*1H4. The largest absolute Gasteiger partial charge is 0.106 e. The molecule has 0 aromatic rings. The lowest BCUT2D eigenvalue weighted by atomic mass is 9.00. The SMILES string of the molecule is C.C.C.C.C.C.C.C.[B][B][B]CC(C[B]C)(C[B][B][B])C[B]B([B])[B]. The molecule has 0 nitrogen and oxygen atoms in total. The third-order valence-corrected chi connectivity index (χ3v) is 2.83. The Balaban J connectivity index is -0.0000000457. The highest BCUT2D eigenvalue weighted by molar-refractivity contribution is 7.53. The van der Waals surface area contributed by atoms with Crippen molar-refractivity contribution in [2.45, 2.75) is 91.5 Å². The minimum absolute atomic E-state index is 0. The Bertz CT molecular complexity index is 174. The summed E-state index contributed by atoms with van der Waals surface area (Å²) in [6.45, 7) is 2.05. The summed E-state index contributed by atoms with van der Waals surface area (Å²) in [7, 11) is 33.2. The third-order valence-electron chi connectivity index (χ3n) is 2.83. The van der Waals surface area contributed by atoms with Crippen LogP contribution < -0.4 is 0 Å². The van der Waals surface area contributed by atoms with Crippen LogP contribution in [0.25, 0.3) is 0 Å². The van der Waals surface area contributed by atoms with Gasteiger partial charge in [-0.3, -0.25) is 0 Å². The molecule has 0 saturated heterocycles. The van der Waals surface area contributed by atoms with Gasteiger partial charge in [0.2, 0.25) is 0 Å². The molecular weight excluding hydrogens is 287 g/mol. The van der Waals surface area contributed by atoms with E-state index in [1.165, 1.54) is 0 Å². The minimum Gasteiger partial charge on any atom is -0.0920 e. The molecule has 0 N–H and O–H groups in total. The van der Waals surface area contributed by atoms with Crippen molar-refractivity contribution in [1.29, 1.82) is 0 Å². The summed E-state index contributed by atoms with van der Waals surface area (Å²) in [5.74, 6) is 0. The third kappa shape index (κ3) is 29.7. The van der Waals surface area contributed by atoms with Crippen molar-refractivity contribution in [3.8, 4) is 0 Å². The second-order valence-corrected chi connectivity index (χ2v) is 4.39. The Morgan fingerprint density at radius 2 is 1.04 bits per heavy atom. The maximum Gasteiger partial charge on any atom is 0.106 e. The topological polar surface area (TPSA) is 0 Å². The molecule has 0 aromatic heterocycles. The summed E-state index contributed by atoms with van der Waals surface area (Å²) in [4.78, 5) is 0. The molecule has 0 aliphatic rings. The molecule has 132 valence electrons. The van der Waals surface area contributed by atoms with Crippen LogP contribution in [0.2, 0.25) is 32.1 Å². The summed E-state index contributed by atoms with van der Waals surface area (Å²) >= 11 is 0. The smallest absolute Gasteiger partial charge is 0.0920 e. The lowest BCUT2D eigenvalue weighted by Gasteiger charge is -2.35. The van der Waals surface area contributed by atoms with Gasteiger partial charge in [-0.2, -0.15) is 0 Å². The summed E-state index contributed by atoms with van der Waals surface area (Å²) < 4.78 is 0. The zero-order valence-corrected chi connectivity index (χ0v) is 10.7. The van der Waals surface area contributed by atoms with Gasteiger partial charge in [0.1, 0.15) is 7.28 Å². The number of hydrogen-bond acceptors (Lipinski definition) is 0. The van der Waals surface area contributed by atoms with E-state index in [9.17, 15) is 0 Å². The van der Waals surface area contributed by atoms with Crippen molar-refractivity contribution in [2.24, 2.45) is 5.41 Å². The normalized spacial score (nSPS) is 6.92. The lowest BCUT2D eigenvalue weighted by molar-refractivity contribution is 0.465. The Kier molecular flexibility index (Phi) is 80.4. The molecule has 0 atom stereocenters. The monoisotopic (exact) mass is 332 g/mol. The van der Waals surface area contributed by atoms with Crippen molar-refractivity contribution in [3.05, 3.63) is 0 Å². The van der Waals surface area contributed by atoms with Crippen LogP contribution in [-0.4, -0.2) is 80.2 Å². The molecule has 0 bridgehead atoms. The average molecular weight is 330 g/mol. The van der Waals surface area contributed by atoms with Gasteiger partial charge in [-0.05, 0) is 0 Å². The average Bonchev–Trinajstić information content (AvgIpc) is 2.31. The first-order valence-electron chi connectivity index (χ1n) is 5.96. The molecule has 11 heteroatoms. The van der Waals surface area contributed by atoms with Crippen molar-refractivity contribution >= 4 is 80.2 Å². The predicted molar refractivity (Wildman–Crippen MR) is 145 cm³/mol.